The zero-order valence-corrected chi connectivity index (χ0v) is 19.7. The lowest BCUT2D eigenvalue weighted by Crippen LogP contribution is -2.16. The number of nitrogens with zero attached hydrogens (tertiary/aromatic N) is 1. The number of benzene rings is 3. The van der Waals surface area contributed by atoms with Crippen molar-refractivity contribution in [3.05, 3.63) is 99.0 Å². The van der Waals surface area contributed by atoms with Gasteiger partial charge in [0.2, 0.25) is 0 Å². The molecule has 0 amide bonds. The fraction of sp³-hybridized carbons (Fsp3) is 0.148. The molecule has 4 rings (SSSR count). The zero-order valence-electron chi connectivity index (χ0n) is 18.1. The molecule has 4 aromatic rings. The summed E-state index contributed by atoms with van der Waals surface area (Å²) in [6.07, 6.45) is 0. The van der Waals surface area contributed by atoms with Crippen LogP contribution in [0.4, 0.5) is 0 Å². The second-order valence-electron chi connectivity index (χ2n) is 7.85. The van der Waals surface area contributed by atoms with Crippen LogP contribution in [-0.4, -0.2) is 23.3 Å². The maximum Gasteiger partial charge on any atom is 0.339 e. The molecule has 0 radical (unpaired) electrons. The minimum Gasteiger partial charge on any atom is -0.454 e. The fourth-order valence-electron chi connectivity index (χ4n) is 3.65. The van der Waals surface area contributed by atoms with Crippen LogP contribution in [0, 0.1) is 20.8 Å². The molecular formula is C27H22BrNO3. The smallest absolute Gasteiger partial charge is 0.339 e. The number of carbonyl (C=O) groups is 2. The quantitative estimate of drug-likeness (QED) is 0.234. The molecule has 0 unspecified atom stereocenters. The third-order valence-corrected chi connectivity index (χ3v) is 5.94. The Morgan fingerprint density at radius 1 is 0.875 bits per heavy atom. The van der Waals surface area contributed by atoms with Crippen molar-refractivity contribution in [2.45, 2.75) is 20.8 Å². The molecule has 0 fully saturated rings. The number of fused-ring (bicyclic) bond motifs is 1. The van der Waals surface area contributed by atoms with Gasteiger partial charge in [-0.15, -0.1) is 0 Å². The summed E-state index contributed by atoms with van der Waals surface area (Å²) in [4.78, 5) is 30.5. The van der Waals surface area contributed by atoms with Crippen LogP contribution in [0.15, 0.2) is 71.2 Å². The van der Waals surface area contributed by atoms with Gasteiger partial charge >= 0.3 is 5.97 Å². The van der Waals surface area contributed by atoms with Gasteiger partial charge in [0.25, 0.3) is 0 Å². The SMILES string of the molecule is Cc1ccc(-c2nc3ccc(C)cc3c(C(=O)OCC(=O)c3ccc(Br)cc3)c2C)cc1. The number of esters is 1. The van der Waals surface area contributed by atoms with E-state index in [1.165, 1.54) is 0 Å². The lowest BCUT2D eigenvalue weighted by atomic mass is 9.96. The first-order valence-corrected chi connectivity index (χ1v) is 11.1. The van der Waals surface area contributed by atoms with Gasteiger partial charge in [-0.05, 0) is 50.6 Å². The van der Waals surface area contributed by atoms with E-state index in [4.69, 9.17) is 9.72 Å². The Morgan fingerprint density at radius 3 is 2.22 bits per heavy atom. The molecule has 0 atom stereocenters. The average molecular weight is 488 g/mol. The van der Waals surface area contributed by atoms with Gasteiger partial charge in [-0.25, -0.2) is 9.78 Å². The number of halogens is 1. The van der Waals surface area contributed by atoms with E-state index in [2.05, 4.69) is 15.9 Å². The van der Waals surface area contributed by atoms with E-state index in [0.29, 0.717) is 16.6 Å². The highest BCUT2D eigenvalue weighted by atomic mass is 79.9. The van der Waals surface area contributed by atoms with Gasteiger partial charge in [0.1, 0.15) is 0 Å². The first-order valence-electron chi connectivity index (χ1n) is 10.3. The number of rotatable bonds is 5. The van der Waals surface area contributed by atoms with Crippen molar-refractivity contribution in [1.82, 2.24) is 4.98 Å². The maximum atomic E-state index is 13.2. The highest BCUT2D eigenvalue weighted by Gasteiger charge is 2.21. The molecule has 0 aliphatic rings. The van der Waals surface area contributed by atoms with Gasteiger partial charge in [0.15, 0.2) is 12.4 Å². The Kier molecular flexibility index (Phi) is 6.19. The second kappa shape index (κ2) is 9.05. The molecule has 0 N–H and O–H groups in total. The molecular weight excluding hydrogens is 466 g/mol. The van der Waals surface area contributed by atoms with Crippen LogP contribution in [0.25, 0.3) is 22.2 Å². The standard InChI is InChI=1S/C27H22BrNO3/c1-16-4-7-20(8-5-16)26-18(3)25(22-14-17(2)6-13-23(22)29-26)27(31)32-15-24(30)19-9-11-21(28)12-10-19/h4-14H,15H2,1-3H3. The van der Waals surface area contributed by atoms with E-state index >= 15 is 0 Å². The number of hydrogen-bond donors (Lipinski definition) is 0. The van der Waals surface area contributed by atoms with Crippen LogP contribution in [0.5, 0.6) is 0 Å². The van der Waals surface area contributed by atoms with E-state index in [0.717, 1.165) is 37.8 Å². The van der Waals surface area contributed by atoms with Crippen LogP contribution in [0.3, 0.4) is 0 Å². The Balaban J connectivity index is 1.72. The summed E-state index contributed by atoms with van der Waals surface area (Å²) >= 11 is 3.35. The van der Waals surface area contributed by atoms with Crippen molar-refractivity contribution in [3.63, 3.8) is 0 Å². The van der Waals surface area contributed by atoms with Gasteiger partial charge in [-0.3, -0.25) is 4.79 Å². The van der Waals surface area contributed by atoms with Gasteiger partial charge in [0, 0.05) is 21.0 Å². The van der Waals surface area contributed by atoms with E-state index < -0.39 is 5.97 Å². The third-order valence-electron chi connectivity index (χ3n) is 5.41. The van der Waals surface area contributed by atoms with E-state index in [1.807, 2.05) is 63.2 Å². The molecule has 1 aromatic heterocycles. The van der Waals surface area contributed by atoms with Crippen molar-refractivity contribution >= 4 is 38.6 Å². The van der Waals surface area contributed by atoms with Crippen LogP contribution < -0.4 is 0 Å². The molecule has 160 valence electrons. The largest absolute Gasteiger partial charge is 0.454 e. The molecule has 4 nitrogen and oxygen atoms in total. The van der Waals surface area contributed by atoms with Crippen LogP contribution in [0.2, 0.25) is 0 Å². The van der Waals surface area contributed by atoms with Gasteiger partial charge in [0.05, 0.1) is 16.8 Å². The van der Waals surface area contributed by atoms with E-state index in [9.17, 15) is 9.59 Å². The molecule has 1 heterocycles. The first-order chi connectivity index (χ1) is 15.3. The molecule has 3 aromatic carbocycles. The summed E-state index contributed by atoms with van der Waals surface area (Å²) in [7, 11) is 0. The number of carbonyl (C=O) groups excluding carboxylic acids is 2. The lowest BCUT2D eigenvalue weighted by molar-refractivity contribution is 0.0476. The Bertz CT molecular complexity index is 1330. The number of ether oxygens (including phenoxy) is 1. The van der Waals surface area contributed by atoms with E-state index in [-0.39, 0.29) is 12.4 Å². The number of pyridine rings is 1. The van der Waals surface area contributed by atoms with Gasteiger partial charge in [-0.2, -0.15) is 0 Å². The summed E-state index contributed by atoms with van der Waals surface area (Å²) in [5, 5.41) is 0.722. The van der Waals surface area contributed by atoms with Crippen molar-refractivity contribution in [2.75, 3.05) is 6.61 Å². The predicted octanol–water partition coefficient (Wildman–Crippen LogP) is 6.63. The number of Topliss-reactive ketones (excluding diaryl/α,β-unsaturated/α-hetero) is 1. The minimum absolute atomic E-state index is 0.253. The zero-order chi connectivity index (χ0) is 22.8. The number of aryl methyl sites for hydroxylation is 2. The topological polar surface area (TPSA) is 56.3 Å². The molecule has 0 saturated heterocycles. The Hall–Kier alpha value is -3.31. The molecule has 32 heavy (non-hydrogen) atoms. The third kappa shape index (κ3) is 4.48. The van der Waals surface area contributed by atoms with Gasteiger partial charge in [-0.1, -0.05) is 69.5 Å². The van der Waals surface area contributed by atoms with Crippen molar-refractivity contribution in [2.24, 2.45) is 0 Å². The van der Waals surface area contributed by atoms with Crippen LogP contribution >= 0.6 is 15.9 Å². The monoisotopic (exact) mass is 487 g/mol. The lowest BCUT2D eigenvalue weighted by Gasteiger charge is -2.15. The maximum absolute atomic E-state index is 13.2. The highest BCUT2D eigenvalue weighted by Crippen LogP contribution is 2.31. The predicted molar refractivity (Wildman–Crippen MR) is 130 cm³/mol. The Morgan fingerprint density at radius 2 is 1.53 bits per heavy atom. The molecule has 0 aliphatic heterocycles. The fourth-order valence-corrected chi connectivity index (χ4v) is 3.91. The molecule has 0 aliphatic carbocycles. The summed E-state index contributed by atoms with van der Waals surface area (Å²) in [5.41, 5.74) is 6.20. The normalized spacial score (nSPS) is 10.9. The van der Waals surface area contributed by atoms with E-state index in [1.54, 1.807) is 24.3 Å². The van der Waals surface area contributed by atoms with Crippen molar-refractivity contribution in [3.8, 4) is 11.3 Å². The first kappa shape index (κ1) is 21.9. The number of hydrogen-bond acceptors (Lipinski definition) is 4. The number of aromatic nitrogens is 1. The summed E-state index contributed by atoms with van der Waals surface area (Å²) < 4.78 is 6.36. The summed E-state index contributed by atoms with van der Waals surface area (Å²) in [6, 6.07) is 20.8. The van der Waals surface area contributed by atoms with Crippen molar-refractivity contribution < 1.29 is 14.3 Å². The second-order valence-corrected chi connectivity index (χ2v) is 8.77. The molecule has 0 saturated carbocycles. The molecule has 0 bridgehead atoms. The minimum atomic E-state index is -0.528. The summed E-state index contributed by atoms with van der Waals surface area (Å²) in [5.74, 6) is -0.781. The highest BCUT2D eigenvalue weighted by molar-refractivity contribution is 9.10. The molecule has 5 heteroatoms. The van der Waals surface area contributed by atoms with Crippen molar-refractivity contribution in [1.29, 1.82) is 0 Å². The van der Waals surface area contributed by atoms with Crippen LogP contribution in [-0.2, 0) is 4.74 Å². The molecule has 0 spiro atoms. The van der Waals surface area contributed by atoms with Gasteiger partial charge < -0.3 is 4.74 Å². The summed E-state index contributed by atoms with van der Waals surface area (Å²) in [6.45, 7) is 5.54. The van der Waals surface area contributed by atoms with Crippen LogP contribution in [0.1, 0.15) is 37.4 Å². The Labute approximate surface area is 195 Å². The number of ketones is 1. The average Bonchev–Trinajstić information content (AvgIpc) is 2.78.